The van der Waals surface area contributed by atoms with Crippen LogP contribution >= 0.6 is 0 Å². The summed E-state index contributed by atoms with van der Waals surface area (Å²) >= 11 is 0. The average Bonchev–Trinajstić information content (AvgIpc) is 2.26. The van der Waals surface area contributed by atoms with E-state index in [0.717, 1.165) is 5.56 Å². The van der Waals surface area contributed by atoms with Gasteiger partial charge in [-0.15, -0.1) is 0 Å². The van der Waals surface area contributed by atoms with Crippen LogP contribution in [-0.4, -0.2) is 35.8 Å². The molecule has 0 aliphatic carbocycles. The van der Waals surface area contributed by atoms with Crippen molar-refractivity contribution >= 4 is 11.8 Å². The minimum atomic E-state index is -0.903. The van der Waals surface area contributed by atoms with E-state index in [0.29, 0.717) is 18.8 Å². The highest BCUT2D eigenvalue weighted by atomic mass is 16.5. The second-order valence-electron chi connectivity index (χ2n) is 3.54. The quantitative estimate of drug-likeness (QED) is 0.761. The molecular weight excluding hydrogens is 208 g/mol. The number of carboxylic acid groups (broad SMARTS) is 1. The van der Waals surface area contributed by atoms with Crippen LogP contribution in [0, 0.1) is 6.92 Å². The van der Waals surface area contributed by atoms with Crippen molar-refractivity contribution in [3.63, 3.8) is 0 Å². The molecule has 16 heavy (non-hydrogen) atoms. The van der Waals surface area contributed by atoms with Crippen LogP contribution in [0.1, 0.15) is 12.0 Å². The fourth-order valence-corrected chi connectivity index (χ4v) is 1.22. The first-order chi connectivity index (χ1) is 7.63. The summed E-state index contributed by atoms with van der Waals surface area (Å²) in [6, 6.07) is 2.97. The highest BCUT2D eigenvalue weighted by Crippen LogP contribution is 2.07. The maximum absolute atomic E-state index is 10.9. The topological polar surface area (TPSA) is 71.5 Å². The molecule has 2 N–H and O–H groups in total. The van der Waals surface area contributed by atoms with Crippen molar-refractivity contribution in [1.82, 2.24) is 4.98 Å². The molecule has 1 aromatic rings. The maximum atomic E-state index is 10.9. The number of nitrogens with one attached hydrogen (secondary N) is 1. The number of aliphatic carboxylic acids is 1. The van der Waals surface area contributed by atoms with Gasteiger partial charge in [0.1, 0.15) is 11.9 Å². The number of pyridine rings is 1. The lowest BCUT2D eigenvalue weighted by molar-refractivity contribution is -0.138. The first-order valence-corrected chi connectivity index (χ1v) is 5.04. The molecule has 0 aromatic carbocycles. The molecule has 1 unspecified atom stereocenters. The van der Waals surface area contributed by atoms with Crippen molar-refractivity contribution in [2.24, 2.45) is 0 Å². The van der Waals surface area contributed by atoms with Gasteiger partial charge in [-0.2, -0.15) is 0 Å². The Morgan fingerprint density at radius 1 is 1.62 bits per heavy atom. The van der Waals surface area contributed by atoms with Crippen LogP contribution in [0.2, 0.25) is 0 Å². The Kier molecular flexibility index (Phi) is 4.72. The van der Waals surface area contributed by atoms with Gasteiger partial charge >= 0.3 is 5.97 Å². The summed E-state index contributed by atoms with van der Waals surface area (Å²) < 4.78 is 4.86. The van der Waals surface area contributed by atoms with Crippen LogP contribution < -0.4 is 5.32 Å². The Morgan fingerprint density at radius 3 is 2.88 bits per heavy atom. The predicted molar refractivity (Wildman–Crippen MR) is 60.5 cm³/mol. The lowest BCUT2D eigenvalue weighted by Gasteiger charge is -2.14. The van der Waals surface area contributed by atoms with Crippen LogP contribution in [-0.2, 0) is 9.53 Å². The highest BCUT2D eigenvalue weighted by molar-refractivity contribution is 5.76. The van der Waals surface area contributed by atoms with Gasteiger partial charge in [0.2, 0.25) is 0 Å². The first kappa shape index (κ1) is 12.4. The maximum Gasteiger partial charge on any atom is 0.326 e. The molecule has 1 atom stereocenters. The Morgan fingerprint density at radius 2 is 2.38 bits per heavy atom. The number of ether oxygens (including phenoxy) is 1. The van der Waals surface area contributed by atoms with E-state index >= 15 is 0 Å². The number of carboxylic acids is 1. The van der Waals surface area contributed by atoms with E-state index in [4.69, 9.17) is 9.84 Å². The number of methoxy groups -OCH3 is 1. The predicted octanol–water partition coefficient (Wildman–Crippen LogP) is 1.29. The first-order valence-electron chi connectivity index (χ1n) is 5.04. The van der Waals surface area contributed by atoms with E-state index in [2.05, 4.69) is 10.3 Å². The standard InChI is InChI=1S/C11H16N2O3/c1-8-3-4-10(12-7-8)13-9(11(14)15)5-6-16-2/h3-4,7,9H,5-6H2,1-2H3,(H,12,13)(H,14,15). The van der Waals surface area contributed by atoms with Crippen molar-refractivity contribution in [2.45, 2.75) is 19.4 Å². The summed E-state index contributed by atoms with van der Waals surface area (Å²) in [5.41, 5.74) is 1.04. The lowest BCUT2D eigenvalue weighted by atomic mass is 10.2. The van der Waals surface area contributed by atoms with Crippen molar-refractivity contribution in [2.75, 3.05) is 19.0 Å². The molecule has 1 rings (SSSR count). The zero-order valence-electron chi connectivity index (χ0n) is 9.43. The van der Waals surface area contributed by atoms with E-state index in [1.165, 1.54) is 0 Å². The average molecular weight is 224 g/mol. The molecule has 0 amide bonds. The highest BCUT2D eigenvalue weighted by Gasteiger charge is 2.16. The third kappa shape index (κ3) is 3.86. The number of aromatic nitrogens is 1. The smallest absolute Gasteiger partial charge is 0.326 e. The van der Waals surface area contributed by atoms with E-state index in [1.807, 2.05) is 13.0 Å². The number of hydrogen-bond acceptors (Lipinski definition) is 4. The molecule has 0 radical (unpaired) electrons. The fourth-order valence-electron chi connectivity index (χ4n) is 1.22. The minimum absolute atomic E-state index is 0.399. The summed E-state index contributed by atoms with van der Waals surface area (Å²) in [6.07, 6.45) is 2.10. The normalized spacial score (nSPS) is 12.1. The van der Waals surface area contributed by atoms with E-state index in [-0.39, 0.29) is 0 Å². The summed E-state index contributed by atoms with van der Waals surface area (Å²) in [6.45, 7) is 2.33. The summed E-state index contributed by atoms with van der Waals surface area (Å²) in [4.78, 5) is 15.0. The van der Waals surface area contributed by atoms with Crippen molar-refractivity contribution in [3.8, 4) is 0 Å². The van der Waals surface area contributed by atoms with Crippen molar-refractivity contribution < 1.29 is 14.6 Å². The van der Waals surface area contributed by atoms with Crippen LogP contribution in [0.15, 0.2) is 18.3 Å². The molecule has 0 fully saturated rings. The molecular formula is C11H16N2O3. The van der Waals surface area contributed by atoms with Crippen molar-refractivity contribution in [1.29, 1.82) is 0 Å². The number of carbonyl (C=O) groups is 1. The molecule has 0 spiro atoms. The Bertz CT molecular complexity index is 338. The van der Waals surface area contributed by atoms with Gasteiger partial charge in [-0.3, -0.25) is 0 Å². The largest absolute Gasteiger partial charge is 0.480 e. The van der Waals surface area contributed by atoms with Gasteiger partial charge in [-0.05, 0) is 18.6 Å². The minimum Gasteiger partial charge on any atom is -0.480 e. The van der Waals surface area contributed by atoms with Crippen LogP contribution in [0.3, 0.4) is 0 Å². The van der Waals surface area contributed by atoms with Gasteiger partial charge in [-0.25, -0.2) is 9.78 Å². The SMILES string of the molecule is COCCC(Nc1ccc(C)cn1)C(=O)O. The second kappa shape index (κ2) is 6.07. The third-order valence-electron chi connectivity index (χ3n) is 2.14. The van der Waals surface area contributed by atoms with Gasteiger partial charge in [0.25, 0.3) is 0 Å². The van der Waals surface area contributed by atoms with E-state index in [9.17, 15) is 4.79 Å². The van der Waals surface area contributed by atoms with Gasteiger partial charge < -0.3 is 15.2 Å². The second-order valence-corrected chi connectivity index (χ2v) is 3.54. The van der Waals surface area contributed by atoms with E-state index < -0.39 is 12.0 Å². The van der Waals surface area contributed by atoms with Crippen LogP contribution in [0.25, 0.3) is 0 Å². The molecule has 0 bridgehead atoms. The summed E-state index contributed by atoms with van der Waals surface area (Å²) in [5, 5.41) is 11.8. The number of aryl methyl sites for hydroxylation is 1. The molecule has 1 heterocycles. The lowest BCUT2D eigenvalue weighted by Crippen LogP contribution is -2.30. The molecule has 88 valence electrons. The Labute approximate surface area is 94.5 Å². The molecule has 1 aromatic heterocycles. The number of hydrogen-bond donors (Lipinski definition) is 2. The number of rotatable bonds is 6. The zero-order chi connectivity index (χ0) is 12.0. The van der Waals surface area contributed by atoms with E-state index in [1.54, 1.807) is 19.4 Å². The monoisotopic (exact) mass is 224 g/mol. The Hall–Kier alpha value is -1.62. The van der Waals surface area contributed by atoms with Crippen LogP contribution in [0.5, 0.6) is 0 Å². The Balaban J connectivity index is 2.60. The third-order valence-corrected chi connectivity index (χ3v) is 2.14. The molecule has 0 aliphatic heterocycles. The van der Waals surface area contributed by atoms with Gasteiger partial charge in [0, 0.05) is 26.3 Å². The number of anilines is 1. The van der Waals surface area contributed by atoms with Crippen LogP contribution in [0.4, 0.5) is 5.82 Å². The molecule has 5 heteroatoms. The number of nitrogens with zero attached hydrogens (tertiary/aromatic N) is 1. The molecule has 0 saturated heterocycles. The molecule has 0 saturated carbocycles. The molecule has 0 aliphatic rings. The zero-order valence-corrected chi connectivity index (χ0v) is 9.43. The van der Waals surface area contributed by atoms with Gasteiger partial charge in [0.15, 0.2) is 0 Å². The molecule has 5 nitrogen and oxygen atoms in total. The van der Waals surface area contributed by atoms with Crippen molar-refractivity contribution in [3.05, 3.63) is 23.9 Å². The fraction of sp³-hybridized carbons (Fsp3) is 0.455. The van der Waals surface area contributed by atoms with Gasteiger partial charge in [-0.1, -0.05) is 6.07 Å². The summed E-state index contributed by atoms with van der Waals surface area (Å²) in [5.74, 6) is -0.339. The summed E-state index contributed by atoms with van der Waals surface area (Å²) in [7, 11) is 1.54. The van der Waals surface area contributed by atoms with Gasteiger partial charge in [0.05, 0.1) is 0 Å².